The Kier molecular flexibility index (Phi) is 6.66. The summed E-state index contributed by atoms with van der Waals surface area (Å²) in [5.41, 5.74) is 5.20. The predicted octanol–water partition coefficient (Wildman–Crippen LogP) is 4.08. The molecule has 0 aliphatic rings. The number of benzene rings is 2. The highest BCUT2D eigenvalue weighted by Gasteiger charge is 2.10. The van der Waals surface area contributed by atoms with E-state index in [1.807, 2.05) is 0 Å². The molecule has 0 fully saturated rings. The van der Waals surface area contributed by atoms with Crippen LogP contribution in [-0.2, 0) is 22.5 Å². The van der Waals surface area contributed by atoms with Crippen LogP contribution in [0, 0.1) is 6.92 Å². The van der Waals surface area contributed by atoms with Crippen LogP contribution >= 0.6 is 0 Å². The molecule has 0 spiro atoms. The maximum Gasteiger partial charge on any atom is 0.220 e. The van der Waals surface area contributed by atoms with E-state index in [4.69, 9.17) is 4.74 Å². The Morgan fingerprint density at radius 1 is 1.07 bits per heavy atom. The van der Waals surface area contributed by atoms with Gasteiger partial charge in [-0.1, -0.05) is 42.5 Å². The lowest BCUT2D eigenvalue weighted by molar-refractivity contribution is -0.121. The number of carbonyl (C=O) groups is 1. The predicted molar refractivity (Wildman–Crippen MR) is 110 cm³/mol. The summed E-state index contributed by atoms with van der Waals surface area (Å²) in [6, 6.07) is 17.0. The minimum atomic E-state index is 0.0932. The Bertz CT molecular complexity index is 898. The third kappa shape index (κ3) is 4.98. The van der Waals surface area contributed by atoms with Crippen molar-refractivity contribution in [2.24, 2.45) is 0 Å². The van der Waals surface area contributed by atoms with E-state index in [1.165, 1.54) is 27.6 Å². The van der Waals surface area contributed by atoms with Gasteiger partial charge >= 0.3 is 0 Å². The van der Waals surface area contributed by atoms with Gasteiger partial charge in [0.15, 0.2) is 0 Å². The van der Waals surface area contributed by atoms with Gasteiger partial charge < -0.3 is 14.6 Å². The molecule has 4 heteroatoms. The van der Waals surface area contributed by atoms with Crippen LogP contribution in [0.15, 0.2) is 54.7 Å². The second kappa shape index (κ2) is 9.38. The van der Waals surface area contributed by atoms with Gasteiger partial charge in [-0.3, -0.25) is 4.79 Å². The molecule has 1 amide bonds. The number of methoxy groups -OCH3 is 1. The number of para-hydroxylation sites is 1. The first kappa shape index (κ1) is 19.2. The van der Waals surface area contributed by atoms with Crippen LogP contribution in [0.1, 0.15) is 29.5 Å². The van der Waals surface area contributed by atoms with Gasteiger partial charge in [-0.05, 0) is 42.5 Å². The number of hydrogen-bond acceptors (Lipinski definition) is 2. The number of carbonyl (C=O) groups excluding carboxylic acids is 1. The van der Waals surface area contributed by atoms with E-state index < -0.39 is 0 Å². The number of amides is 1. The van der Waals surface area contributed by atoms with Crippen molar-refractivity contribution in [1.82, 2.24) is 9.88 Å². The van der Waals surface area contributed by atoms with Crippen molar-refractivity contribution < 1.29 is 9.53 Å². The molecule has 0 bridgehead atoms. The van der Waals surface area contributed by atoms with E-state index in [-0.39, 0.29) is 5.91 Å². The first-order valence-corrected chi connectivity index (χ1v) is 9.56. The third-order valence-electron chi connectivity index (χ3n) is 4.95. The third-order valence-corrected chi connectivity index (χ3v) is 4.95. The van der Waals surface area contributed by atoms with Crippen LogP contribution in [-0.4, -0.2) is 30.7 Å². The van der Waals surface area contributed by atoms with E-state index in [2.05, 4.69) is 71.5 Å². The number of nitrogens with zero attached hydrogens (tertiary/aromatic N) is 1. The Morgan fingerprint density at radius 3 is 2.67 bits per heavy atom. The molecular weight excluding hydrogens is 336 g/mol. The molecule has 3 rings (SSSR count). The average molecular weight is 364 g/mol. The Balaban J connectivity index is 1.69. The lowest BCUT2D eigenvalue weighted by Gasteiger charge is -2.08. The van der Waals surface area contributed by atoms with Crippen LogP contribution < -0.4 is 5.32 Å². The van der Waals surface area contributed by atoms with Crippen molar-refractivity contribution in [2.75, 3.05) is 20.3 Å². The number of rotatable bonds is 9. The molecule has 0 aliphatic heterocycles. The van der Waals surface area contributed by atoms with Crippen molar-refractivity contribution in [3.8, 4) is 0 Å². The number of ether oxygens (including phenoxy) is 1. The number of nitrogens with one attached hydrogen (secondary N) is 1. The fourth-order valence-electron chi connectivity index (χ4n) is 3.44. The number of hydrogen-bond donors (Lipinski definition) is 1. The number of aromatic nitrogens is 1. The molecule has 1 N–H and O–H groups in total. The SMILES string of the molecule is COCCNC(=O)CCCc1cn(Cc2ccccc2C)c2ccccc12. The fraction of sp³-hybridized carbons (Fsp3) is 0.348. The standard InChI is InChI=1S/C23H28N2O2/c1-18-8-3-4-9-19(18)16-25-17-20(21-11-5-6-12-22(21)25)10-7-13-23(26)24-14-15-27-2/h3-6,8-9,11-12,17H,7,10,13-16H2,1-2H3,(H,24,26). The van der Waals surface area contributed by atoms with Gasteiger partial charge in [0.05, 0.1) is 6.61 Å². The first-order valence-electron chi connectivity index (χ1n) is 9.56. The fourth-order valence-corrected chi connectivity index (χ4v) is 3.44. The first-order chi connectivity index (χ1) is 13.2. The van der Waals surface area contributed by atoms with Gasteiger partial charge in [0, 0.05) is 43.7 Å². The van der Waals surface area contributed by atoms with E-state index in [1.54, 1.807) is 7.11 Å². The van der Waals surface area contributed by atoms with Gasteiger partial charge in [0.1, 0.15) is 0 Å². The van der Waals surface area contributed by atoms with E-state index >= 15 is 0 Å². The maximum absolute atomic E-state index is 11.9. The van der Waals surface area contributed by atoms with Crippen molar-refractivity contribution in [3.63, 3.8) is 0 Å². The molecule has 27 heavy (non-hydrogen) atoms. The van der Waals surface area contributed by atoms with E-state index in [9.17, 15) is 4.79 Å². The average Bonchev–Trinajstić information content (AvgIpc) is 3.02. The minimum Gasteiger partial charge on any atom is -0.383 e. The topological polar surface area (TPSA) is 43.3 Å². The van der Waals surface area contributed by atoms with Crippen LogP contribution in [0.4, 0.5) is 0 Å². The Hall–Kier alpha value is -2.59. The Morgan fingerprint density at radius 2 is 1.85 bits per heavy atom. The molecule has 0 unspecified atom stereocenters. The van der Waals surface area contributed by atoms with Gasteiger partial charge in [-0.25, -0.2) is 0 Å². The van der Waals surface area contributed by atoms with Crippen LogP contribution in [0.25, 0.3) is 10.9 Å². The molecule has 142 valence electrons. The molecule has 3 aromatic rings. The van der Waals surface area contributed by atoms with Crippen molar-refractivity contribution >= 4 is 16.8 Å². The molecule has 1 heterocycles. The Labute approximate surface area is 161 Å². The van der Waals surface area contributed by atoms with E-state index in [0.29, 0.717) is 19.6 Å². The quantitative estimate of drug-likeness (QED) is 0.581. The van der Waals surface area contributed by atoms with Crippen LogP contribution in [0.3, 0.4) is 0 Å². The summed E-state index contributed by atoms with van der Waals surface area (Å²) in [6.45, 7) is 4.15. The summed E-state index contributed by atoms with van der Waals surface area (Å²) in [4.78, 5) is 11.9. The highest BCUT2D eigenvalue weighted by molar-refractivity contribution is 5.84. The minimum absolute atomic E-state index is 0.0932. The van der Waals surface area contributed by atoms with E-state index in [0.717, 1.165) is 19.4 Å². The summed E-state index contributed by atoms with van der Waals surface area (Å²) in [5, 5.41) is 4.17. The monoisotopic (exact) mass is 364 g/mol. The summed E-state index contributed by atoms with van der Waals surface area (Å²) in [7, 11) is 1.64. The summed E-state index contributed by atoms with van der Waals surface area (Å²) >= 11 is 0. The summed E-state index contributed by atoms with van der Waals surface area (Å²) in [5.74, 6) is 0.0932. The molecule has 1 aromatic heterocycles. The van der Waals surface area contributed by atoms with Crippen molar-refractivity contribution in [2.45, 2.75) is 32.7 Å². The lowest BCUT2D eigenvalue weighted by Crippen LogP contribution is -2.26. The normalized spacial score (nSPS) is 11.0. The second-order valence-corrected chi connectivity index (χ2v) is 6.92. The highest BCUT2D eigenvalue weighted by Crippen LogP contribution is 2.24. The maximum atomic E-state index is 11.9. The molecule has 0 aliphatic carbocycles. The molecule has 0 saturated heterocycles. The highest BCUT2D eigenvalue weighted by atomic mass is 16.5. The zero-order valence-electron chi connectivity index (χ0n) is 16.2. The van der Waals surface area contributed by atoms with Crippen LogP contribution in [0.5, 0.6) is 0 Å². The van der Waals surface area contributed by atoms with Gasteiger partial charge in [-0.15, -0.1) is 0 Å². The summed E-state index contributed by atoms with van der Waals surface area (Å²) < 4.78 is 7.28. The van der Waals surface area contributed by atoms with Gasteiger partial charge in [0.2, 0.25) is 5.91 Å². The zero-order chi connectivity index (χ0) is 19.1. The molecule has 4 nitrogen and oxygen atoms in total. The lowest BCUT2D eigenvalue weighted by atomic mass is 10.1. The zero-order valence-corrected chi connectivity index (χ0v) is 16.2. The van der Waals surface area contributed by atoms with Crippen molar-refractivity contribution in [3.05, 3.63) is 71.4 Å². The largest absolute Gasteiger partial charge is 0.383 e. The smallest absolute Gasteiger partial charge is 0.220 e. The molecule has 0 atom stereocenters. The molecular formula is C23H28N2O2. The number of fused-ring (bicyclic) bond motifs is 1. The molecule has 0 saturated carbocycles. The molecule has 2 aromatic carbocycles. The second-order valence-electron chi connectivity index (χ2n) is 6.92. The van der Waals surface area contributed by atoms with Gasteiger partial charge in [0.25, 0.3) is 0 Å². The number of aryl methyl sites for hydroxylation is 2. The van der Waals surface area contributed by atoms with Crippen molar-refractivity contribution in [1.29, 1.82) is 0 Å². The van der Waals surface area contributed by atoms with Gasteiger partial charge in [-0.2, -0.15) is 0 Å². The molecule has 0 radical (unpaired) electrons. The summed E-state index contributed by atoms with van der Waals surface area (Å²) in [6.07, 6.45) is 4.54. The van der Waals surface area contributed by atoms with Crippen LogP contribution in [0.2, 0.25) is 0 Å².